The van der Waals surface area contributed by atoms with Crippen molar-refractivity contribution in [2.45, 2.75) is 6.10 Å². The van der Waals surface area contributed by atoms with Crippen LogP contribution < -0.4 is 5.32 Å². The molecule has 1 N–H and O–H groups in total. The number of hydrogen-bond donors (Lipinski definition) is 1. The first kappa shape index (κ1) is 5.68. The Labute approximate surface area is 61.6 Å². The lowest BCUT2D eigenvalue weighted by Crippen LogP contribution is -2.17. The average molecular weight is 191 g/mol. The highest BCUT2D eigenvalue weighted by atomic mass is 79.9. The molecule has 1 fully saturated rings. The molecule has 0 spiro atoms. The van der Waals surface area contributed by atoms with E-state index in [1.807, 2.05) is 0 Å². The van der Waals surface area contributed by atoms with Gasteiger partial charge in [0.15, 0.2) is 0 Å². The van der Waals surface area contributed by atoms with Gasteiger partial charge in [-0.1, -0.05) is 5.16 Å². The van der Waals surface area contributed by atoms with E-state index in [4.69, 9.17) is 4.84 Å². The molecule has 4 heteroatoms. The molecule has 0 aliphatic carbocycles. The first-order valence-electron chi connectivity index (χ1n) is 2.98. The molecule has 3 nitrogen and oxygen atoms in total. The van der Waals surface area contributed by atoms with E-state index in [0.29, 0.717) is 12.0 Å². The van der Waals surface area contributed by atoms with Crippen molar-refractivity contribution in [1.29, 1.82) is 0 Å². The molecule has 1 saturated heterocycles. The molecule has 0 aromatic carbocycles. The lowest BCUT2D eigenvalue weighted by atomic mass is 10.1. The van der Waals surface area contributed by atoms with Crippen molar-refractivity contribution in [1.82, 2.24) is 5.32 Å². The molecule has 0 aromatic heterocycles. The summed E-state index contributed by atoms with van der Waals surface area (Å²) < 4.78 is 0.956. The minimum absolute atomic E-state index is 0.291. The zero-order chi connectivity index (χ0) is 6.27. The molecule has 2 rings (SSSR count). The zero-order valence-corrected chi connectivity index (χ0v) is 6.39. The second-order valence-electron chi connectivity index (χ2n) is 2.32. The summed E-state index contributed by atoms with van der Waals surface area (Å²) >= 11 is 3.33. The summed E-state index contributed by atoms with van der Waals surface area (Å²) in [5.74, 6) is 0.477. The average Bonchev–Trinajstić information content (AvgIpc) is 2.35. The predicted octanol–water partition coefficient (Wildman–Crippen LogP) is 0.313. The molecule has 0 radical (unpaired) electrons. The fraction of sp³-hybridized carbons (Fsp3) is 0.800. The van der Waals surface area contributed by atoms with E-state index in [-0.39, 0.29) is 0 Å². The fourth-order valence-corrected chi connectivity index (χ4v) is 1.73. The van der Waals surface area contributed by atoms with Gasteiger partial charge in [-0.2, -0.15) is 0 Å². The van der Waals surface area contributed by atoms with E-state index in [0.717, 1.165) is 17.7 Å². The Kier molecular flexibility index (Phi) is 1.23. The number of fused-ring (bicyclic) bond motifs is 1. The van der Waals surface area contributed by atoms with Gasteiger partial charge in [0.05, 0.1) is 5.92 Å². The van der Waals surface area contributed by atoms with Gasteiger partial charge in [-0.05, 0) is 15.9 Å². The normalized spacial score (nSPS) is 39.9. The van der Waals surface area contributed by atoms with Crippen LogP contribution in [0.4, 0.5) is 0 Å². The Bertz CT molecular complexity index is 159. The minimum Gasteiger partial charge on any atom is -0.390 e. The Morgan fingerprint density at radius 1 is 1.67 bits per heavy atom. The molecule has 0 saturated carbocycles. The molecular formula is C5H7BrN2O. The molecule has 2 aliphatic rings. The summed E-state index contributed by atoms with van der Waals surface area (Å²) in [4.78, 5) is 5.07. The van der Waals surface area contributed by atoms with Crippen LogP contribution in [0.5, 0.6) is 0 Å². The van der Waals surface area contributed by atoms with Crippen molar-refractivity contribution in [3.8, 4) is 0 Å². The number of nitrogens with one attached hydrogen (secondary N) is 1. The Balaban J connectivity index is 2.16. The fourth-order valence-electron chi connectivity index (χ4n) is 1.19. The summed E-state index contributed by atoms with van der Waals surface area (Å²) in [6.45, 7) is 1.93. The highest BCUT2D eigenvalue weighted by Crippen LogP contribution is 2.24. The number of nitrogens with zero attached hydrogens (tertiary/aromatic N) is 1. The first-order valence-corrected chi connectivity index (χ1v) is 3.77. The SMILES string of the molecule is BrC1=NO[C@H]2CNC[C@@H]12. The maximum atomic E-state index is 5.07. The number of halogens is 1. The summed E-state index contributed by atoms with van der Waals surface area (Å²) in [5, 5.41) is 7.03. The molecule has 0 aromatic rings. The first-order chi connectivity index (χ1) is 4.38. The summed E-state index contributed by atoms with van der Waals surface area (Å²) in [6.07, 6.45) is 0.291. The van der Waals surface area contributed by atoms with E-state index in [2.05, 4.69) is 26.4 Å². The van der Waals surface area contributed by atoms with Crippen LogP contribution in [0.2, 0.25) is 0 Å². The van der Waals surface area contributed by atoms with Gasteiger partial charge in [-0.3, -0.25) is 0 Å². The highest BCUT2D eigenvalue weighted by molar-refractivity contribution is 9.18. The maximum absolute atomic E-state index is 5.07. The molecule has 50 valence electrons. The molecule has 2 heterocycles. The molecule has 2 atom stereocenters. The lowest BCUT2D eigenvalue weighted by Gasteiger charge is -2.01. The maximum Gasteiger partial charge on any atom is 0.150 e. The van der Waals surface area contributed by atoms with Gasteiger partial charge in [-0.25, -0.2) is 0 Å². The molecule has 0 amide bonds. The van der Waals surface area contributed by atoms with Crippen LogP contribution in [-0.2, 0) is 4.84 Å². The van der Waals surface area contributed by atoms with Crippen molar-refractivity contribution in [3.63, 3.8) is 0 Å². The number of rotatable bonds is 0. The Hall–Kier alpha value is -0.0900. The van der Waals surface area contributed by atoms with E-state index in [1.165, 1.54) is 0 Å². The third kappa shape index (κ3) is 0.773. The van der Waals surface area contributed by atoms with Crippen LogP contribution in [0.1, 0.15) is 0 Å². The van der Waals surface area contributed by atoms with Crippen LogP contribution >= 0.6 is 15.9 Å². The largest absolute Gasteiger partial charge is 0.390 e. The summed E-state index contributed by atoms with van der Waals surface area (Å²) in [5.41, 5.74) is 0. The second-order valence-corrected chi connectivity index (χ2v) is 3.14. The Morgan fingerprint density at radius 2 is 2.56 bits per heavy atom. The smallest absolute Gasteiger partial charge is 0.150 e. The van der Waals surface area contributed by atoms with Crippen molar-refractivity contribution in [2.24, 2.45) is 11.1 Å². The van der Waals surface area contributed by atoms with Gasteiger partial charge in [0, 0.05) is 13.1 Å². The van der Waals surface area contributed by atoms with Gasteiger partial charge >= 0.3 is 0 Å². The van der Waals surface area contributed by atoms with Crippen LogP contribution in [0.25, 0.3) is 0 Å². The highest BCUT2D eigenvalue weighted by Gasteiger charge is 2.36. The second kappa shape index (κ2) is 1.95. The molecule has 9 heavy (non-hydrogen) atoms. The van der Waals surface area contributed by atoms with Gasteiger partial charge < -0.3 is 10.2 Å². The van der Waals surface area contributed by atoms with Crippen LogP contribution in [0, 0.1) is 5.92 Å². The van der Waals surface area contributed by atoms with Gasteiger partial charge in [0.1, 0.15) is 10.7 Å². The van der Waals surface area contributed by atoms with E-state index < -0.39 is 0 Å². The molecular weight excluding hydrogens is 184 g/mol. The van der Waals surface area contributed by atoms with Crippen molar-refractivity contribution < 1.29 is 4.84 Å². The zero-order valence-electron chi connectivity index (χ0n) is 4.80. The summed E-state index contributed by atoms with van der Waals surface area (Å²) in [6, 6.07) is 0. The predicted molar refractivity (Wildman–Crippen MR) is 37.6 cm³/mol. The molecule has 2 aliphatic heterocycles. The third-order valence-corrected chi connectivity index (χ3v) is 2.47. The van der Waals surface area contributed by atoms with Gasteiger partial charge in [-0.15, -0.1) is 0 Å². The van der Waals surface area contributed by atoms with Crippen molar-refractivity contribution in [2.75, 3.05) is 13.1 Å². The number of hydrogen-bond acceptors (Lipinski definition) is 3. The monoisotopic (exact) mass is 190 g/mol. The van der Waals surface area contributed by atoms with E-state index >= 15 is 0 Å². The van der Waals surface area contributed by atoms with Crippen molar-refractivity contribution in [3.05, 3.63) is 0 Å². The van der Waals surface area contributed by atoms with Crippen LogP contribution in [-0.4, -0.2) is 23.8 Å². The summed E-state index contributed by atoms with van der Waals surface area (Å²) in [7, 11) is 0. The lowest BCUT2D eigenvalue weighted by molar-refractivity contribution is 0.0842. The van der Waals surface area contributed by atoms with Crippen LogP contribution in [0.3, 0.4) is 0 Å². The van der Waals surface area contributed by atoms with Crippen molar-refractivity contribution >= 4 is 20.6 Å². The topological polar surface area (TPSA) is 33.6 Å². The van der Waals surface area contributed by atoms with Crippen LogP contribution in [0.15, 0.2) is 5.16 Å². The van der Waals surface area contributed by atoms with E-state index in [9.17, 15) is 0 Å². The minimum atomic E-state index is 0.291. The molecule has 0 unspecified atom stereocenters. The Morgan fingerprint density at radius 3 is 3.33 bits per heavy atom. The van der Waals surface area contributed by atoms with Gasteiger partial charge in [0.2, 0.25) is 0 Å². The quantitative estimate of drug-likeness (QED) is 0.597. The number of oxime groups is 1. The van der Waals surface area contributed by atoms with Gasteiger partial charge in [0.25, 0.3) is 0 Å². The standard InChI is InChI=1S/C5H7BrN2O/c6-5-3-1-7-2-4(3)9-8-5/h3-4,7H,1-2H2/t3-,4+/m1/s1. The molecule has 0 bridgehead atoms. The van der Waals surface area contributed by atoms with E-state index in [1.54, 1.807) is 0 Å². The third-order valence-electron chi connectivity index (χ3n) is 1.74.